The predicted molar refractivity (Wildman–Crippen MR) is 62.9 cm³/mol. The first-order valence-corrected chi connectivity index (χ1v) is 5.49. The van der Waals surface area contributed by atoms with Gasteiger partial charge in [0.25, 0.3) is 0 Å². The molecule has 1 aromatic rings. The first-order chi connectivity index (χ1) is 8.28. The molecule has 1 aliphatic heterocycles. The van der Waals surface area contributed by atoms with Gasteiger partial charge in [0.1, 0.15) is 0 Å². The summed E-state index contributed by atoms with van der Waals surface area (Å²) in [5.74, 6) is 0.461. The van der Waals surface area contributed by atoms with E-state index in [9.17, 15) is 4.79 Å². The van der Waals surface area contributed by atoms with Crippen LogP contribution in [0.25, 0.3) is 6.08 Å². The van der Waals surface area contributed by atoms with E-state index in [0.29, 0.717) is 12.4 Å². The molecule has 0 saturated heterocycles. The van der Waals surface area contributed by atoms with E-state index in [-0.39, 0.29) is 5.78 Å². The Bertz CT molecular complexity index is 548. The van der Waals surface area contributed by atoms with Gasteiger partial charge in [-0.25, -0.2) is 0 Å². The summed E-state index contributed by atoms with van der Waals surface area (Å²) >= 11 is 0. The molecule has 0 bridgehead atoms. The topological polar surface area (TPSA) is 47.9 Å². The zero-order chi connectivity index (χ0) is 11.9. The van der Waals surface area contributed by atoms with E-state index >= 15 is 0 Å². The van der Waals surface area contributed by atoms with Gasteiger partial charge in [-0.05, 0) is 24.6 Å². The number of benzene rings is 1. The molecule has 1 aromatic carbocycles. The maximum Gasteiger partial charge on any atom is 0.198 e. The third-order valence-corrected chi connectivity index (χ3v) is 2.97. The van der Waals surface area contributed by atoms with Gasteiger partial charge in [0.05, 0.1) is 11.8 Å². The second-order valence-electron chi connectivity index (χ2n) is 3.91. The molecule has 4 nitrogen and oxygen atoms in total. The fraction of sp³-hybridized carbons (Fsp3) is 0.231. The lowest BCUT2D eigenvalue weighted by Crippen LogP contribution is -2.43. The number of ether oxygens (including phenoxy) is 1. The van der Waals surface area contributed by atoms with Crippen molar-refractivity contribution in [3.05, 3.63) is 35.4 Å². The quantitative estimate of drug-likeness (QED) is 0.778. The van der Waals surface area contributed by atoms with Gasteiger partial charge in [0, 0.05) is 6.61 Å². The molecule has 1 atom stereocenters. The minimum Gasteiger partial charge on any atom is -0.357 e. The van der Waals surface area contributed by atoms with E-state index in [0.717, 1.165) is 11.1 Å². The molecule has 86 valence electrons. The predicted octanol–water partition coefficient (Wildman–Crippen LogP) is 1.89. The van der Waals surface area contributed by atoms with Crippen LogP contribution in [-0.2, 0) is 15.1 Å². The van der Waals surface area contributed by atoms with E-state index in [1.807, 2.05) is 19.1 Å². The van der Waals surface area contributed by atoms with Crippen LogP contribution in [0.5, 0.6) is 5.75 Å². The molecule has 0 amide bonds. The fourth-order valence-electron chi connectivity index (χ4n) is 2.27. The van der Waals surface area contributed by atoms with Crippen LogP contribution in [0.2, 0.25) is 0 Å². The third kappa shape index (κ3) is 1.27. The Labute approximate surface area is 98.5 Å². The van der Waals surface area contributed by atoms with Gasteiger partial charge in [-0.15, -0.1) is 0 Å². The average molecular weight is 229 g/mol. The zero-order valence-corrected chi connectivity index (χ0v) is 9.34. The summed E-state index contributed by atoms with van der Waals surface area (Å²) in [6.45, 7) is 2.28. The lowest BCUT2D eigenvalue weighted by molar-refractivity contribution is -0.132. The van der Waals surface area contributed by atoms with E-state index < -0.39 is 5.60 Å². The van der Waals surface area contributed by atoms with Gasteiger partial charge in [-0.2, -0.15) is 0 Å². The summed E-state index contributed by atoms with van der Waals surface area (Å²) in [4.78, 5) is 17.3. The van der Waals surface area contributed by atoms with Crippen molar-refractivity contribution in [2.24, 2.45) is 5.16 Å². The molecule has 0 radical (unpaired) electrons. The molecular formula is C13H11NO3. The van der Waals surface area contributed by atoms with Gasteiger partial charge in [-0.3, -0.25) is 4.79 Å². The first-order valence-electron chi connectivity index (χ1n) is 5.49. The Morgan fingerprint density at radius 2 is 2.29 bits per heavy atom. The van der Waals surface area contributed by atoms with Crippen molar-refractivity contribution in [1.82, 2.24) is 0 Å². The number of hydrogen-bond donors (Lipinski definition) is 0. The van der Waals surface area contributed by atoms with Crippen LogP contribution >= 0.6 is 0 Å². The SMILES string of the molecule is CCOC12C=NOc3cccc(c31)C=CC2=O. The molecule has 4 heteroatoms. The summed E-state index contributed by atoms with van der Waals surface area (Å²) in [5, 5.41) is 3.78. The van der Waals surface area contributed by atoms with E-state index in [1.54, 1.807) is 12.1 Å². The molecule has 3 rings (SSSR count). The standard InChI is InChI=1S/C13H11NO3/c1-2-16-13-8-14-17-10-5-3-4-9(12(10)13)6-7-11(13)15/h3-8H,2H2,1H3. The van der Waals surface area contributed by atoms with E-state index in [2.05, 4.69) is 5.16 Å². The third-order valence-electron chi connectivity index (χ3n) is 2.97. The van der Waals surface area contributed by atoms with Gasteiger partial charge < -0.3 is 9.57 Å². The van der Waals surface area contributed by atoms with Crippen molar-refractivity contribution in [3.8, 4) is 5.75 Å². The second kappa shape index (κ2) is 3.53. The van der Waals surface area contributed by atoms with Crippen LogP contribution < -0.4 is 4.84 Å². The van der Waals surface area contributed by atoms with Crippen LogP contribution in [0.15, 0.2) is 29.4 Å². The van der Waals surface area contributed by atoms with Gasteiger partial charge in [0.15, 0.2) is 17.1 Å². The summed E-state index contributed by atoms with van der Waals surface area (Å²) in [5.41, 5.74) is 0.583. The largest absolute Gasteiger partial charge is 0.357 e. The number of hydrogen-bond acceptors (Lipinski definition) is 4. The Morgan fingerprint density at radius 1 is 1.41 bits per heavy atom. The van der Waals surface area contributed by atoms with Crippen molar-refractivity contribution >= 4 is 18.1 Å². The molecular weight excluding hydrogens is 218 g/mol. The van der Waals surface area contributed by atoms with Crippen LogP contribution in [0.1, 0.15) is 18.1 Å². The van der Waals surface area contributed by atoms with Crippen LogP contribution in [0.3, 0.4) is 0 Å². The highest BCUT2D eigenvalue weighted by Crippen LogP contribution is 2.41. The maximum absolute atomic E-state index is 12.1. The smallest absolute Gasteiger partial charge is 0.198 e. The molecule has 1 unspecified atom stereocenters. The molecule has 0 N–H and O–H groups in total. The van der Waals surface area contributed by atoms with Crippen molar-refractivity contribution < 1.29 is 14.4 Å². The minimum absolute atomic E-state index is 0.119. The highest BCUT2D eigenvalue weighted by atomic mass is 16.6. The number of rotatable bonds is 2. The molecule has 1 aliphatic carbocycles. The number of carbonyl (C=O) groups excluding carboxylic acids is 1. The molecule has 0 aromatic heterocycles. The van der Waals surface area contributed by atoms with Crippen molar-refractivity contribution in [3.63, 3.8) is 0 Å². The summed E-state index contributed by atoms with van der Waals surface area (Å²) in [6, 6.07) is 5.58. The average Bonchev–Trinajstić information content (AvgIpc) is 2.35. The second-order valence-corrected chi connectivity index (χ2v) is 3.91. The van der Waals surface area contributed by atoms with Gasteiger partial charge in [-0.1, -0.05) is 23.4 Å². The van der Waals surface area contributed by atoms with Gasteiger partial charge in [0.2, 0.25) is 0 Å². The minimum atomic E-state index is -1.10. The molecule has 0 saturated carbocycles. The first kappa shape index (κ1) is 10.2. The fourth-order valence-corrected chi connectivity index (χ4v) is 2.27. The van der Waals surface area contributed by atoms with Gasteiger partial charge >= 0.3 is 0 Å². The number of ketones is 1. The van der Waals surface area contributed by atoms with E-state index in [4.69, 9.17) is 9.57 Å². The molecule has 0 fully saturated rings. The Hall–Kier alpha value is -1.94. The zero-order valence-electron chi connectivity index (χ0n) is 9.34. The number of carbonyl (C=O) groups is 1. The highest BCUT2D eigenvalue weighted by molar-refractivity contribution is 6.15. The van der Waals surface area contributed by atoms with Crippen molar-refractivity contribution in [1.29, 1.82) is 0 Å². The van der Waals surface area contributed by atoms with Crippen molar-refractivity contribution in [2.45, 2.75) is 12.5 Å². The highest BCUT2D eigenvalue weighted by Gasteiger charge is 2.46. The monoisotopic (exact) mass is 229 g/mol. The maximum atomic E-state index is 12.1. The van der Waals surface area contributed by atoms with E-state index in [1.165, 1.54) is 12.3 Å². The molecule has 0 spiro atoms. The Balaban J connectivity index is 2.30. The van der Waals surface area contributed by atoms with Crippen LogP contribution in [0.4, 0.5) is 0 Å². The summed E-state index contributed by atoms with van der Waals surface area (Å²) in [7, 11) is 0. The lowest BCUT2D eigenvalue weighted by Gasteiger charge is -2.34. The number of oxime groups is 1. The Morgan fingerprint density at radius 3 is 3.12 bits per heavy atom. The summed E-state index contributed by atoms with van der Waals surface area (Å²) in [6.07, 6.45) is 4.74. The van der Waals surface area contributed by atoms with Crippen molar-refractivity contribution in [2.75, 3.05) is 6.61 Å². The molecule has 1 heterocycles. The lowest BCUT2D eigenvalue weighted by atomic mass is 9.81. The van der Waals surface area contributed by atoms with Crippen LogP contribution in [-0.4, -0.2) is 18.6 Å². The summed E-state index contributed by atoms with van der Waals surface area (Å²) < 4.78 is 5.66. The number of nitrogens with zero attached hydrogens (tertiary/aromatic N) is 1. The molecule has 17 heavy (non-hydrogen) atoms. The van der Waals surface area contributed by atoms with Crippen LogP contribution in [0, 0.1) is 0 Å². The molecule has 2 aliphatic rings. The normalized spacial score (nSPS) is 24.4. The Kier molecular flexibility index (Phi) is 2.12.